The quantitative estimate of drug-likeness (QED) is 0.856. The Kier molecular flexibility index (Phi) is 4.13. The third kappa shape index (κ3) is 3.49. The number of benzene rings is 1. The molecule has 0 aliphatic carbocycles. The minimum absolute atomic E-state index is 0.0951. The molecule has 1 heterocycles. The minimum Gasteiger partial charge on any atom is -0.383 e. The Labute approximate surface area is 118 Å². The molecule has 0 spiro atoms. The van der Waals surface area contributed by atoms with Crippen LogP contribution in [0.1, 0.15) is 22.7 Å². The highest BCUT2D eigenvalue weighted by Crippen LogP contribution is 2.32. The van der Waals surface area contributed by atoms with Crippen LogP contribution in [0.5, 0.6) is 0 Å². The van der Waals surface area contributed by atoms with E-state index < -0.39 is 23.6 Å². The molecule has 0 radical (unpaired) electrons. The zero-order chi connectivity index (χ0) is 15.6. The molecule has 0 fully saturated rings. The van der Waals surface area contributed by atoms with Gasteiger partial charge in [-0.3, -0.25) is 0 Å². The van der Waals surface area contributed by atoms with Gasteiger partial charge in [-0.05, 0) is 36.2 Å². The summed E-state index contributed by atoms with van der Waals surface area (Å²) in [6.07, 6.45) is -2.97. The van der Waals surface area contributed by atoms with Crippen molar-refractivity contribution >= 4 is 5.82 Å². The van der Waals surface area contributed by atoms with E-state index in [2.05, 4.69) is 4.98 Å². The molecule has 1 atom stereocenters. The van der Waals surface area contributed by atoms with Crippen LogP contribution < -0.4 is 11.5 Å². The standard InChI is InChI=1S/C14H13F4N3/c15-11-4-3-9(14(16,17)18)7-10(11)12(19)6-8-2-1-5-21-13(8)20/h1-5,7,12H,6,19H2,(H2,20,21). The van der Waals surface area contributed by atoms with Gasteiger partial charge in [0.05, 0.1) is 5.56 Å². The molecule has 0 aliphatic heterocycles. The number of anilines is 1. The Bertz CT molecular complexity index is 640. The maximum Gasteiger partial charge on any atom is 0.416 e. The number of aromatic nitrogens is 1. The molecule has 2 aromatic rings. The fraction of sp³-hybridized carbons (Fsp3) is 0.214. The highest BCUT2D eigenvalue weighted by Gasteiger charge is 2.31. The second-order valence-electron chi connectivity index (χ2n) is 4.59. The summed E-state index contributed by atoms with van der Waals surface area (Å²) in [5, 5.41) is 0. The van der Waals surface area contributed by atoms with Gasteiger partial charge in [-0.1, -0.05) is 6.07 Å². The monoisotopic (exact) mass is 299 g/mol. The van der Waals surface area contributed by atoms with Gasteiger partial charge in [0, 0.05) is 17.8 Å². The van der Waals surface area contributed by atoms with Gasteiger partial charge in [-0.25, -0.2) is 9.37 Å². The van der Waals surface area contributed by atoms with E-state index in [1.54, 1.807) is 12.1 Å². The van der Waals surface area contributed by atoms with Crippen molar-refractivity contribution in [2.75, 3.05) is 5.73 Å². The highest BCUT2D eigenvalue weighted by molar-refractivity contribution is 5.40. The first-order chi connectivity index (χ1) is 9.79. The summed E-state index contributed by atoms with van der Waals surface area (Å²) in [6.45, 7) is 0. The Balaban J connectivity index is 2.31. The Hall–Kier alpha value is -2.15. The molecule has 0 bridgehead atoms. The van der Waals surface area contributed by atoms with Crippen molar-refractivity contribution in [2.45, 2.75) is 18.6 Å². The summed E-state index contributed by atoms with van der Waals surface area (Å²) in [6, 6.07) is 4.51. The predicted molar refractivity (Wildman–Crippen MR) is 70.7 cm³/mol. The van der Waals surface area contributed by atoms with E-state index in [0.717, 1.165) is 12.1 Å². The first kappa shape index (κ1) is 15.2. The molecule has 1 aromatic carbocycles. The molecule has 7 heteroatoms. The average Bonchev–Trinajstić information content (AvgIpc) is 2.40. The molecular formula is C14H13F4N3. The maximum atomic E-state index is 13.7. The van der Waals surface area contributed by atoms with Crippen LogP contribution in [-0.2, 0) is 12.6 Å². The Morgan fingerprint density at radius 1 is 1.19 bits per heavy atom. The van der Waals surface area contributed by atoms with Crippen molar-refractivity contribution in [1.29, 1.82) is 0 Å². The van der Waals surface area contributed by atoms with Gasteiger partial charge in [0.2, 0.25) is 0 Å². The Morgan fingerprint density at radius 2 is 1.90 bits per heavy atom. The maximum absolute atomic E-state index is 13.7. The molecule has 2 rings (SSSR count). The molecule has 4 N–H and O–H groups in total. The lowest BCUT2D eigenvalue weighted by atomic mass is 9.97. The Morgan fingerprint density at radius 3 is 2.52 bits per heavy atom. The third-order valence-corrected chi connectivity index (χ3v) is 3.09. The lowest BCUT2D eigenvalue weighted by Crippen LogP contribution is -2.17. The van der Waals surface area contributed by atoms with Crippen LogP contribution >= 0.6 is 0 Å². The fourth-order valence-corrected chi connectivity index (χ4v) is 1.97. The fourth-order valence-electron chi connectivity index (χ4n) is 1.97. The summed E-state index contributed by atoms with van der Waals surface area (Å²) in [4.78, 5) is 3.85. The zero-order valence-electron chi connectivity index (χ0n) is 10.9. The second-order valence-corrected chi connectivity index (χ2v) is 4.59. The molecule has 0 saturated carbocycles. The van der Waals surface area contributed by atoms with Crippen LogP contribution in [-0.4, -0.2) is 4.98 Å². The molecule has 1 aromatic heterocycles. The summed E-state index contributed by atoms with van der Waals surface area (Å²) in [7, 11) is 0. The second kappa shape index (κ2) is 5.69. The van der Waals surface area contributed by atoms with Gasteiger partial charge in [0.25, 0.3) is 0 Å². The smallest absolute Gasteiger partial charge is 0.383 e. The normalized spacial score (nSPS) is 13.2. The van der Waals surface area contributed by atoms with E-state index >= 15 is 0 Å². The molecular weight excluding hydrogens is 286 g/mol. The molecule has 21 heavy (non-hydrogen) atoms. The van der Waals surface area contributed by atoms with Gasteiger partial charge >= 0.3 is 6.18 Å². The van der Waals surface area contributed by atoms with E-state index in [1.807, 2.05) is 0 Å². The number of alkyl halides is 3. The van der Waals surface area contributed by atoms with Gasteiger partial charge in [0.15, 0.2) is 0 Å². The van der Waals surface area contributed by atoms with Gasteiger partial charge in [0.1, 0.15) is 11.6 Å². The van der Waals surface area contributed by atoms with Crippen molar-refractivity contribution in [3.8, 4) is 0 Å². The number of pyridine rings is 1. The van der Waals surface area contributed by atoms with Crippen LogP contribution in [0.15, 0.2) is 36.5 Å². The SMILES string of the molecule is Nc1ncccc1CC(N)c1cc(C(F)(F)F)ccc1F. The number of nitrogen functional groups attached to an aromatic ring is 1. The zero-order valence-corrected chi connectivity index (χ0v) is 10.9. The van der Waals surface area contributed by atoms with E-state index in [1.165, 1.54) is 6.20 Å². The van der Waals surface area contributed by atoms with Crippen LogP contribution in [0.4, 0.5) is 23.4 Å². The van der Waals surface area contributed by atoms with Crippen LogP contribution in [0.3, 0.4) is 0 Å². The number of rotatable bonds is 3. The van der Waals surface area contributed by atoms with Gasteiger partial charge in [-0.15, -0.1) is 0 Å². The third-order valence-electron chi connectivity index (χ3n) is 3.09. The van der Waals surface area contributed by atoms with E-state index in [-0.39, 0.29) is 17.8 Å². The van der Waals surface area contributed by atoms with E-state index in [0.29, 0.717) is 11.6 Å². The number of hydrogen-bond acceptors (Lipinski definition) is 3. The molecule has 3 nitrogen and oxygen atoms in total. The summed E-state index contributed by atoms with van der Waals surface area (Å²) in [5.41, 5.74) is 10.9. The first-order valence-electron chi connectivity index (χ1n) is 6.10. The van der Waals surface area contributed by atoms with Crippen molar-refractivity contribution in [3.63, 3.8) is 0 Å². The number of halogens is 4. The molecule has 112 valence electrons. The lowest BCUT2D eigenvalue weighted by molar-refractivity contribution is -0.137. The van der Waals surface area contributed by atoms with Crippen molar-refractivity contribution in [2.24, 2.45) is 5.73 Å². The molecule has 0 aliphatic rings. The van der Waals surface area contributed by atoms with Gasteiger partial charge in [-0.2, -0.15) is 13.2 Å². The molecule has 0 saturated heterocycles. The molecule has 0 amide bonds. The number of hydrogen-bond donors (Lipinski definition) is 2. The number of nitrogens with two attached hydrogens (primary N) is 2. The topological polar surface area (TPSA) is 64.9 Å². The van der Waals surface area contributed by atoms with Gasteiger partial charge < -0.3 is 11.5 Å². The van der Waals surface area contributed by atoms with E-state index in [4.69, 9.17) is 11.5 Å². The van der Waals surface area contributed by atoms with Crippen molar-refractivity contribution in [3.05, 3.63) is 59.0 Å². The summed E-state index contributed by atoms with van der Waals surface area (Å²) < 4.78 is 51.7. The summed E-state index contributed by atoms with van der Waals surface area (Å²) in [5.74, 6) is -0.557. The lowest BCUT2D eigenvalue weighted by Gasteiger charge is -2.16. The predicted octanol–water partition coefficient (Wildman–Crippen LogP) is 3.06. The van der Waals surface area contributed by atoms with Crippen LogP contribution in [0.25, 0.3) is 0 Å². The summed E-state index contributed by atoms with van der Waals surface area (Å²) >= 11 is 0. The average molecular weight is 299 g/mol. The van der Waals surface area contributed by atoms with Crippen molar-refractivity contribution in [1.82, 2.24) is 4.98 Å². The molecule has 1 unspecified atom stereocenters. The minimum atomic E-state index is -4.55. The number of nitrogens with zero attached hydrogens (tertiary/aromatic N) is 1. The highest BCUT2D eigenvalue weighted by atomic mass is 19.4. The van der Waals surface area contributed by atoms with Crippen LogP contribution in [0.2, 0.25) is 0 Å². The van der Waals surface area contributed by atoms with Crippen LogP contribution in [0, 0.1) is 5.82 Å². The first-order valence-corrected chi connectivity index (χ1v) is 6.10. The largest absolute Gasteiger partial charge is 0.416 e. The van der Waals surface area contributed by atoms with Crippen molar-refractivity contribution < 1.29 is 17.6 Å². The van der Waals surface area contributed by atoms with E-state index in [9.17, 15) is 17.6 Å².